The predicted molar refractivity (Wildman–Crippen MR) is 73.9 cm³/mol. The van der Waals surface area contributed by atoms with Crippen LogP contribution in [0.2, 0.25) is 0 Å². The Morgan fingerprint density at radius 2 is 2.12 bits per heavy atom. The molecule has 0 unspecified atom stereocenters. The van der Waals surface area contributed by atoms with Gasteiger partial charge in [0.25, 0.3) is 0 Å². The van der Waals surface area contributed by atoms with Gasteiger partial charge < -0.3 is 0 Å². The van der Waals surface area contributed by atoms with Gasteiger partial charge in [0.15, 0.2) is 0 Å². The van der Waals surface area contributed by atoms with E-state index >= 15 is 0 Å². The monoisotopic (exact) mass is 234 g/mol. The molecule has 1 heteroatoms. The van der Waals surface area contributed by atoms with Crippen molar-refractivity contribution in [1.29, 1.82) is 0 Å². The zero-order valence-electron chi connectivity index (χ0n) is 12.0. The Balaban J connectivity index is 2.61. The quantitative estimate of drug-likeness (QED) is 0.645. The second-order valence-electron chi connectivity index (χ2n) is 5.97. The molecule has 0 bridgehead atoms. The van der Waals surface area contributed by atoms with Gasteiger partial charge in [-0.25, -0.2) is 0 Å². The first-order valence-electron chi connectivity index (χ1n) is 6.68. The second-order valence-corrected chi connectivity index (χ2v) is 5.97. The highest BCUT2D eigenvalue weighted by Gasteiger charge is 2.37. The van der Waals surface area contributed by atoms with Crippen molar-refractivity contribution in [3.63, 3.8) is 0 Å². The van der Waals surface area contributed by atoms with Crippen LogP contribution in [0.4, 0.5) is 0 Å². The van der Waals surface area contributed by atoms with E-state index in [1.54, 1.807) is 6.92 Å². The lowest BCUT2D eigenvalue weighted by Crippen LogP contribution is -2.35. The van der Waals surface area contributed by atoms with Crippen LogP contribution in [-0.4, -0.2) is 5.78 Å². The van der Waals surface area contributed by atoms with Gasteiger partial charge in [-0.2, -0.15) is 0 Å². The number of Topliss-reactive ketones (excluding diaryl/α,β-unsaturated/α-hetero) is 1. The first-order chi connectivity index (χ1) is 7.86. The molecule has 0 heterocycles. The van der Waals surface area contributed by atoms with Crippen LogP contribution in [0.1, 0.15) is 60.3 Å². The fraction of sp³-hybridized carbons (Fsp3) is 0.688. The first-order valence-corrected chi connectivity index (χ1v) is 6.68. The van der Waals surface area contributed by atoms with Gasteiger partial charge >= 0.3 is 0 Å². The number of rotatable bonds is 4. The van der Waals surface area contributed by atoms with E-state index in [-0.39, 0.29) is 5.41 Å². The number of allylic oxidation sites excluding steroid dienone is 4. The van der Waals surface area contributed by atoms with E-state index in [0.717, 1.165) is 25.7 Å². The van der Waals surface area contributed by atoms with Crippen LogP contribution in [0.5, 0.6) is 0 Å². The van der Waals surface area contributed by atoms with Crippen molar-refractivity contribution in [3.8, 4) is 0 Å². The molecule has 2 atom stereocenters. The summed E-state index contributed by atoms with van der Waals surface area (Å²) in [6.45, 7) is 10.4. The third-order valence-corrected chi connectivity index (χ3v) is 4.29. The molecule has 0 saturated heterocycles. The van der Waals surface area contributed by atoms with E-state index in [1.165, 1.54) is 11.1 Å². The maximum absolute atomic E-state index is 11.7. The van der Waals surface area contributed by atoms with Gasteiger partial charge in [-0.3, -0.25) is 4.79 Å². The molecule has 1 nitrogen and oxygen atoms in total. The third kappa shape index (κ3) is 3.55. The summed E-state index contributed by atoms with van der Waals surface area (Å²) in [7, 11) is 0. The molecule has 0 radical (unpaired) electrons. The van der Waals surface area contributed by atoms with Gasteiger partial charge in [-0.1, -0.05) is 37.1 Å². The molecule has 1 aliphatic carbocycles. The van der Waals surface area contributed by atoms with Crippen molar-refractivity contribution >= 4 is 5.78 Å². The summed E-state index contributed by atoms with van der Waals surface area (Å²) >= 11 is 0. The smallest absolute Gasteiger partial charge is 0.136 e. The van der Waals surface area contributed by atoms with E-state index in [0.29, 0.717) is 11.7 Å². The van der Waals surface area contributed by atoms with Crippen molar-refractivity contribution in [3.05, 3.63) is 23.3 Å². The standard InChI is InChI=1S/C16H26O/c1-12(2)7-6-8-15-9-10-16(5,14(4)17)13(3)11-15/h7,9,13H,6,8,10-11H2,1-5H3/t13-,16+/m0/s1. The summed E-state index contributed by atoms with van der Waals surface area (Å²) in [6.07, 6.45) is 8.91. The van der Waals surface area contributed by atoms with Gasteiger partial charge in [0.1, 0.15) is 5.78 Å². The van der Waals surface area contributed by atoms with Crippen LogP contribution in [0.25, 0.3) is 0 Å². The molecule has 17 heavy (non-hydrogen) atoms. The number of ketones is 1. The second kappa shape index (κ2) is 5.66. The third-order valence-electron chi connectivity index (χ3n) is 4.29. The molecule has 0 fully saturated rings. The zero-order valence-corrected chi connectivity index (χ0v) is 12.0. The summed E-state index contributed by atoms with van der Waals surface area (Å²) < 4.78 is 0. The molecule has 0 aromatic carbocycles. The number of carbonyl (C=O) groups is 1. The Labute approximate surface area is 106 Å². The summed E-state index contributed by atoms with van der Waals surface area (Å²) in [5.41, 5.74) is 2.80. The highest BCUT2D eigenvalue weighted by Crippen LogP contribution is 2.41. The lowest BCUT2D eigenvalue weighted by atomic mass is 9.66. The van der Waals surface area contributed by atoms with E-state index in [2.05, 4.69) is 39.8 Å². The lowest BCUT2D eigenvalue weighted by molar-refractivity contribution is -0.128. The van der Waals surface area contributed by atoms with Gasteiger partial charge in [0, 0.05) is 5.41 Å². The Kier molecular flexibility index (Phi) is 4.73. The van der Waals surface area contributed by atoms with E-state index < -0.39 is 0 Å². The molecule has 0 N–H and O–H groups in total. The van der Waals surface area contributed by atoms with Gasteiger partial charge in [-0.15, -0.1) is 0 Å². The lowest BCUT2D eigenvalue weighted by Gasteiger charge is -2.37. The molecule has 0 aromatic heterocycles. The minimum atomic E-state index is -0.125. The molecule has 0 aliphatic heterocycles. The van der Waals surface area contributed by atoms with Crippen LogP contribution in [0, 0.1) is 11.3 Å². The minimum Gasteiger partial charge on any atom is -0.299 e. The molecular formula is C16H26O. The average molecular weight is 234 g/mol. The molecule has 0 aromatic rings. The zero-order chi connectivity index (χ0) is 13.1. The van der Waals surface area contributed by atoms with Gasteiger partial charge in [-0.05, 0) is 52.4 Å². The Bertz CT molecular complexity index is 345. The summed E-state index contributed by atoms with van der Waals surface area (Å²) in [5.74, 6) is 0.816. The Morgan fingerprint density at radius 3 is 2.59 bits per heavy atom. The molecule has 1 rings (SSSR count). The van der Waals surface area contributed by atoms with Gasteiger partial charge in [0.2, 0.25) is 0 Å². The van der Waals surface area contributed by atoms with E-state index in [1.807, 2.05) is 0 Å². The maximum atomic E-state index is 11.7. The molecule has 0 amide bonds. The first kappa shape index (κ1) is 14.2. The number of carbonyl (C=O) groups excluding carboxylic acids is 1. The Morgan fingerprint density at radius 1 is 1.47 bits per heavy atom. The molecule has 96 valence electrons. The van der Waals surface area contributed by atoms with Crippen LogP contribution < -0.4 is 0 Å². The Hall–Kier alpha value is -0.850. The van der Waals surface area contributed by atoms with Crippen molar-refractivity contribution in [2.45, 2.75) is 60.3 Å². The summed E-state index contributed by atoms with van der Waals surface area (Å²) in [6, 6.07) is 0. The fourth-order valence-electron chi connectivity index (χ4n) is 2.50. The van der Waals surface area contributed by atoms with Crippen LogP contribution in [0.15, 0.2) is 23.3 Å². The van der Waals surface area contributed by atoms with Crippen LogP contribution in [-0.2, 0) is 4.79 Å². The number of hydrogen-bond donors (Lipinski definition) is 0. The highest BCUT2D eigenvalue weighted by atomic mass is 16.1. The SMILES string of the molecule is CC(=O)[C@]1(C)CC=C(CCC=C(C)C)C[C@@H]1C. The molecule has 0 spiro atoms. The van der Waals surface area contributed by atoms with Crippen LogP contribution in [0.3, 0.4) is 0 Å². The molecule has 1 aliphatic rings. The largest absolute Gasteiger partial charge is 0.299 e. The molecular weight excluding hydrogens is 208 g/mol. The van der Waals surface area contributed by atoms with E-state index in [9.17, 15) is 4.79 Å². The van der Waals surface area contributed by atoms with Crippen LogP contribution >= 0.6 is 0 Å². The summed E-state index contributed by atoms with van der Waals surface area (Å²) in [4.78, 5) is 11.7. The normalized spacial score (nSPS) is 28.5. The minimum absolute atomic E-state index is 0.125. The fourth-order valence-corrected chi connectivity index (χ4v) is 2.50. The number of hydrogen-bond acceptors (Lipinski definition) is 1. The summed E-state index contributed by atoms with van der Waals surface area (Å²) in [5, 5.41) is 0. The van der Waals surface area contributed by atoms with E-state index in [4.69, 9.17) is 0 Å². The van der Waals surface area contributed by atoms with Crippen molar-refractivity contribution < 1.29 is 4.79 Å². The molecule has 0 saturated carbocycles. The predicted octanol–water partition coefficient (Wildman–Crippen LogP) is 4.68. The van der Waals surface area contributed by atoms with Gasteiger partial charge in [0.05, 0.1) is 0 Å². The maximum Gasteiger partial charge on any atom is 0.136 e. The van der Waals surface area contributed by atoms with Crippen molar-refractivity contribution in [1.82, 2.24) is 0 Å². The van der Waals surface area contributed by atoms with Crippen molar-refractivity contribution in [2.75, 3.05) is 0 Å². The average Bonchev–Trinajstić information content (AvgIpc) is 2.22. The highest BCUT2D eigenvalue weighted by molar-refractivity contribution is 5.82. The van der Waals surface area contributed by atoms with Crippen molar-refractivity contribution in [2.24, 2.45) is 11.3 Å². The topological polar surface area (TPSA) is 17.1 Å².